The Bertz CT molecular complexity index is 1390. The van der Waals surface area contributed by atoms with Gasteiger partial charge in [0.2, 0.25) is 10.0 Å². The first-order valence-corrected chi connectivity index (χ1v) is 12.7. The van der Waals surface area contributed by atoms with Crippen LogP contribution in [0.3, 0.4) is 0 Å². The molecule has 0 amide bonds. The molecule has 1 aliphatic rings. The fraction of sp³-hybridized carbons (Fsp3) is 0.231. The normalized spacial score (nSPS) is 16.4. The van der Waals surface area contributed by atoms with Crippen molar-refractivity contribution in [2.24, 2.45) is 0 Å². The maximum atomic E-state index is 13.6. The summed E-state index contributed by atoms with van der Waals surface area (Å²) >= 11 is 0. The molecule has 34 heavy (non-hydrogen) atoms. The summed E-state index contributed by atoms with van der Waals surface area (Å²) < 4.78 is 28.6. The number of aromatic amines is 1. The Morgan fingerprint density at radius 1 is 0.853 bits per heavy atom. The molecule has 5 rings (SSSR count). The van der Waals surface area contributed by atoms with Gasteiger partial charge in [0.15, 0.2) is 11.6 Å². The van der Waals surface area contributed by atoms with Crippen LogP contribution in [-0.2, 0) is 15.6 Å². The van der Waals surface area contributed by atoms with Crippen LogP contribution in [0.5, 0.6) is 0 Å². The Morgan fingerprint density at radius 3 is 2.09 bits per heavy atom. The van der Waals surface area contributed by atoms with E-state index in [-0.39, 0.29) is 18.0 Å². The van der Waals surface area contributed by atoms with Gasteiger partial charge in [-0.1, -0.05) is 72.8 Å². The summed E-state index contributed by atoms with van der Waals surface area (Å²) in [6.45, 7) is 2.28. The molecule has 0 aliphatic carbocycles. The van der Waals surface area contributed by atoms with Crippen molar-refractivity contribution in [2.75, 3.05) is 13.1 Å². The molecular weight excluding hydrogens is 448 g/mol. The van der Waals surface area contributed by atoms with Gasteiger partial charge in [0.1, 0.15) is 0 Å². The van der Waals surface area contributed by atoms with Gasteiger partial charge in [-0.2, -0.15) is 4.31 Å². The number of H-pyrrole nitrogens is 1. The summed E-state index contributed by atoms with van der Waals surface area (Å²) in [6, 6.07) is 24.4. The van der Waals surface area contributed by atoms with Crippen LogP contribution < -0.4 is 0 Å². The first kappa shape index (κ1) is 22.5. The topological polar surface area (TPSA) is 99.2 Å². The number of nitrogens with one attached hydrogen (secondary N) is 1. The summed E-state index contributed by atoms with van der Waals surface area (Å²) in [7, 11) is -3.74. The van der Waals surface area contributed by atoms with Gasteiger partial charge in [-0.05, 0) is 37.0 Å². The number of benzene rings is 3. The van der Waals surface area contributed by atoms with Crippen molar-refractivity contribution < 1.29 is 13.5 Å². The number of piperidine rings is 1. The summed E-state index contributed by atoms with van der Waals surface area (Å²) in [5.41, 5.74) is 2.02. The molecule has 174 valence electrons. The van der Waals surface area contributed by atoms with Crippen LogP contribution in [0, 0.1) is 6.92 Å². The van der Waals surface area contributed by atoms with E-state index in [1.807, 2.05) is 66.7 Å². The van der Waals surface area contributed by atoms with E-state index in [4.69, 9.17) is 0 Å². The van der Waals surface area contributed by atoms with Crippen LogP contribution in [-0.4, -0.2) is 46.1 Å². The molecule has 4 aromatic rings. The molecule has 0 radical (unpaired) electrons. The van der Waals surface area contributed by atoms with E-state index in [2.05, 4.69) is 15.2 Å². The maximum Gasteiger partial charge on any atom is 0.243 e. The number of aryl methyl sites for hydroxylation is 1. The minimum Gasteiger partial charge on any atom is -0.385 e. The minimum absolute atomic E-state index is 0.243. The minimum atomic E-state index is -3.74. The first-order chi connectivity index (χ1) is 16.4. The van der Waals surface area contributed by atoms with Crippen molar-refractivity contribution in [3.8, 4) is 22.8 Å². The SMILES string of the molecule is Cc1ccc(-c2nnc(-c3ccccc3)[nH]2)cc1S(=O)(=O)N1CCC(O)(c2ccccc2)CC1. The molecule has 0 atom stereocenters. The van der Waals surface area contributed by atoms with Crippen molar-refractivity contribution in [1.82, 2.24) is 19.5 Å². The smallest absolute Gasteiger partial charge is 0.243 e. The van der Waals surface area contributed by atoms with E-state index in [1.165, 1.54) is 4.31 Å². The third-order valence-electron chi connectivity index (χ3n) is 6.47. The number of rotatable bonds is 5. The Kier molecular flexibility index (Phi) is 5.81. The molecule has 0 saturated carbocycles. The Morgan fingerprint density at radius 2 is 1.44 bits per heavy atom. The quantitative estimate of drug-likeness (QED) is 0.453. The fourth-order valence-corrected chi connectivity index (χ4v) is 6.11. The Hall–Kier alpha value is -3.33. The number of aromatic nitrogens is 3. The second-order valence-corrected chi connectivity index (χ2v) is 10.6. The monoisotopic (exact) mass is 474 g/mol. The average Bonchev–Trinajstić information content (AvgIpc) is 3.36. The molecule has 7 nitrogen and oxygen atoms in total. The van der Waals surface area contributed by atoms with Gasteiger partial charge in [0.05, 0.1) is 10.5 Å². The molecule has 0 bridgehead atoms. The van der Waals surface area contributed by atoms with Gasteiger partial charge in [0.25, 0.3) is 0 Å². The predicted molar refractivity (Wildman–Crippen MR) is 130 cm³/mol. The maximum absolute atomic E-state index is 13.6. The predicted octanol–water partition coefficient (Wildman–Crippen LogP) is 4.12. The van der Waals surface area contributed by atoms with Crippen molar-refractivity contribution >= 4 is 10.0 Å². The largest absolute Gasteiger partial charge is 0.385 e. The molecule has 1 fully saturated rings. The average molecular weight is 475 g/mol. The lowest BCUT2D eigenvalue weighted by Crippen LogP contribution is -2.45. The van der Waals surface area contributed by atoms with Crippen LogP contribution in [0.25, 0.3) is 22.8 Å². The molecular formula is C26H26N4O3S. The first-order valence-electron chi connectivity index (χ1n) is 11.2. The third-order valence-corrected chi connectivity index (χ3v) is 8.51. The van der Waals surface area contributed by atoms with E-state index in [0.717, 1.165) is 11.1 Å². The van der Waals surface area contributed by atoms with Crippen LogP contribution in [0.1, 0.15) is 24.0 Å². The number of aliphatic hydroxyl groups is 1. The zero-order valence-corrected chi connectivity index (χ0v) is 19.7. The van der Waals surface area contributed by atoms with Crippen molar-refractivity contribution in [3.05, 3.63) is 90.0 Å². The van der Waals surface area contributed by atoms with Gasteiger partial charge in [-0.3, -0.25) is 0 Å². The second kappa shape index (κ2) is 8.79. The van der Waals surface area contributed by atoms with Crippen molar-refractivity contribution in [3.63, 3.8) is 0 Å². The van der Waals surface area contributed by atoms with E-state index >= 15 is 0 Å². The second-order valence-electron chi connectivity index (χ2n) is 8.67. The standard InChI is InChI=1S/C26H26N4O3S/c1-19-12-13-21(25-27-24(28-29-25)20-8-4-2-5-9-20)18-23(19)34(32,33)30-16-14-26(31,15-17-30)22-10-6-3-7-11-22/h2-13,18,31H,14-17H2,1H3,(H,27,28,29). The number of nitrogens with zero attached hydrogens (tertiary/aromatic N) is 3. The summed E-state index contributed by atoms with van der Waals surface area (Å²) in [5.74, 6) is 1.13. The van der Waals surface area contributed by atoms with Gasteiger partial charge in [-0.25, -0.2) is 8.42 Å². The fourth-order valence-electron chi connectivity index (χ4n) is 4.42. The molecule has 8 heteroatoms. The van der Waals surface area contributed by atoms with E-state index < -0.39 is 15.6 Å². The van der Waals surface area contributed by atoms with Crippen molar-refractivity contribution in [2.45, 2.75) is 30.3 Å². The molecule has 2 N–H and O–H groups in total. The number of sulfonamides is 1. The van der Waals surface area contributed by atoms with E-state index in [1.54, 1.807) is 19.1 Å². The van der Waals surface area contributed by atoms with Gasteiger partial charge < -0.3 is 10.1 Å². The molecule has 0 unspecified atom stereocenters. The lowest BCUT2D eigenvalue weighted by molar-refractivity contribution is -0.00961. The third kappa shape index (κ3) is 4.16. The molecule has 3 aromatic carbocycles. The van der Waals surface area contributed by atoms with E-state index in [0.29, 0.717) is 35.6 Å². The molecule has 2 heterocycles. The molecule has 1 aliphatic heterocycles. The molecule has 0 spiro atoms. The highest BCUT2D eigenvalue weighted by Crippen LogP contribution is 2.35. The lowest BCUT2D eigenvalue weighted by atomic mass is 9.85. The van der Waals surface area contributed by atoms with Crippen LogP contribution in [0.2, 0.25) is 0 Å². The highest BCUT2D eigenvalue weighted by molar-refractivity contribution is 7.89. The van der Waals surface area contributed by atoms with Crippen molar-refractivity contribution in [1.29, 1.82) is 0 Å². The zero-order valence-electron chi connectivity index (χ0n) is 18.8. The summed E-state index contributed by atoms with van der Waals surface area (Å²) in [4.78, 5) is 3.43. The van der Waals surface area contributed by atoms with Gasteiger partial charge in [0, 0.05) is 24.2 Å². The Balaban J connectivity index is 1.40. The van der Waals surface area contributed by atoms with E-state index in [9.17, 15) is 13.5 Å². The highest BCUT2D eigenvalue weighted by atomic mass is 32.2. The molecule has 1 aromatic heterocycles. The molecule has 1 saturated heterocycles. The van der Waals surface area contributed by atoms with Crippen LogP contribution in [0.4, 0.5) is 0 Å². The highest BCUT2D eigenvalue weighted by Gasteiger charge is 2.38. The van der Waals surface area contributed by atoms with Crippen LogP contribution >= 0.6 is 0 Å². The van der Waals surface area contributed by atoms with Gasteiger partial charge >= 0.3 is 0 Å². The number of hydrogen-bond acceptors (Lipinski definition) is 5. The van der Waals surface area contributed by atoms with Gasteiger partial charge in [-0.15, -0.1) is 10.2 Å². The summed E-state index contributed by atoms with van der Waals surface area (Å²) in [6.07, 6.45) is 0.690. The lowest BCUT2D eigenvalue weighted by Gasteiger charge is -2.38. The number of hydrogen-bond donors (Lipinski definition) is 2. The zero-order chi connectivity index (χ0) is 23.8. The Labute approximate surface area is 199 Å². The summed E-state index contributed by atoms with van der Waals surface area (Å²) in [5, 5.41) is 19.6. The van der Waals surface area contributed by atoms with Crippen LogP contribution in [0.15, 0.2) is 83.8 Å².